The molecule has 0 atom stereocenters. The third kappa shape index (κ3) is 2.83. The van der Waals surface area contributed by atoms with Crippen LogP contribution in [0.15, 0.2) is 41.9 Å². The number of aliphatic imine (C=N–C) groups is 1. The first-order valence-corrected chi connectivity index (χ1v) is 9.75. The number of fused-ring (bicyclic) bond motifs is 3. The summed E-state index contributed by atoms with van der Waals surface area (Å²) in [6.07, 6.45) is 6.29. The predicted molar refractivity (Wildman–Crippen MR) is 105 cm³/mol. The molecule has 1 amide bonds. The lowest BCUT2D eigenvalue weighted by atomic mass is 9.91. The number of hydrogen-bond donors (Lipinski definition) is 0. The zero-order chi connectivity index (χ0) is 17.4. The van der Waals surface area contributed by atoms with Gasteiger partial charge in [-0.2, -0.15) is 0 Å². The van der Waals surface area contributed by atoms with Crippen LogP contribution in [0.3, 0.4) is 0 Å². The van der Waals surface area contributed by atoms with Crippen LogP contribution in [0.4, 0.5) is 5.00 Å². The molecule has 1 aromatic carbocycles. The van der Waals surface area contributed by atoms with Gasteiger partial charge < -0.3 is 0 Å². The topological polar surface area (TPSA) is 32.7 Å². The van der Waals surface area contributed by atoms with Gasteiger partial charge in [-0.1, -0.05) is 35.9 Å². The fourth-order valence-electron chi connectivity index (χ4n) is 3.60. The first-order chi connectivity index (χ1) is 12.2. The number of amides is 1. The number of rotatable bonds is 3. The Hall–Kier alpha value is -1.91. The van der Waals surface area contributed by atoms with Crippen LogP contribution in [0.25, 0.3) is 0 Å². The summed E-state index contributed by atoms with van der Waals surface area (Å²) in [5, 5.41) is 1.68. The zero-order valence-corrected chi connectivity index (χ0v) is 15.5. The molecule has 0 saturated carbocycles. The Bertz CT molecular complexity index is 884. The third-order valence-corrected chi connectivity index (χ3v) is 6.39. The molecular formula is C20H19ClN2OS. The van der Waals surface area contributed by atoms with Crippen LogP contribution in [0.5, 0.6) is 0 Å². The second kappa shape index (κ2) is 6.77. The predicted octanol–water partition coefficient (Wildman–Crippen LogP) is 4.65. The molecule has 5 heteroatoms. The van der Waals surface area contributed by atoms with Crippen molar-refractivity contribution < 1.29 is 4.79 Å². The zero-order valence-electron chi connectivity index (χ0n) is 13.9. The van der Waals surface area contributed by atoms with E-state index < -0.39 is 0 Å². The van der Waals surface area contributed by atoms with Gasteiger partial charge in [-0.3, -0.25) is 14.7 Å². The van der Waals surface area contributed by atoms with Crippen LogP contribution in [0.1, 0.15) is 34.4 Å². The first-order valence-electron chi connectivity index (χ1n) is 8.56. The van der Waals surface area contributed by atoms with E-state index in [4.69, 9.17) is 16.6 Å². The smallest absolute Gasteiger partial charge is 0.249 e. The summed E-state index contributed by atoms with van der Waals surface area (Å²) < 4.78 is 0. The number of benzene rings is 1. The summed E-state index contributed by atoms with van der Waals surface area (Å²) >= 11 is 8.21. The number of thiophene rings is 1. The highest BCUT2D eigenvalue weighted by atomic mass is 35.5. The number of carbonyl (C=O) groups is 1. The van der Waals surface area contributed by atoms with E-state index in [2.05, 4.69) is 6.58 Å². The molecule has 2 aliphatic rings. The Labute approximate surface area is 156 Å². The molecule has 3 nitrogen and oxygen atoms in total. The summed E-state index contributed by atoms with van der Waals surface area (Å²) in [5.41, 5.74) is 4.24. The van der Waals surface area contributed by atoms with Crippen molar-refractivity contribution in [2.45, 2.75) is 25.7 Å². The SMILES string of the molecule is C=CCN1C(=O)CN=C(c2ccccc2Cl)c2c1sc1c2CCCC1. The second-order valence-corrected chi connectivity index (χ2v) is 7.82. The summed E-state index contributed by atoms with van der Waals surface area (Å²) in [6, 6.07) is 7.76. The maximum atomic E-state index is 12.7. The first kappa shape index (κ1) is 16.6. The standard InChI is InChI=1S/C20H19ClN2OS/c1-2-11-23-17(24)12-22-19(13-7-3-5-9-15(13)21)18-14-8-4-6-10-16(14)25-20(18)23/h2-3,5,7,9H,1,4,6,8,10-12H2. The number of anilines is 1. The Balaban J connectivity index is 1.96. The van der Waals surface area contributed by atoms with Crippen molar-refractivity contribution in [2.75, 3.05) is 18.0 Å². The second-order valence-electron chi connectivity index (χ2n) is 6.33. The molecule has 0 unspecified atom stereocenters. The van der Waals surface area contributed by atoms with Gasteiger partial charge in [-0.25, -0.2) is 0 Å². The van der Waals surface area contributed by atoms with E-state index in [0.717, 1.165) is 34.7 Å². The Morgan fingerprint density at radius 2 is 2.08 bits per heavy atom. The van der Waals surface area contributed by atoms with E-state index in [-0.39, 0.29) is 12.5 Å². The van der Waals surface area contributed by atoms with Crippen molar-refractivity contribution in [1.29, 1.82) is 0 Å². The number of carbonyl (C=O) groups excluding carboxylic acids is 1. The van der Waals surface area contributed by atoms with E-state index in [0.29, 0.717) is 11.6 Å². The van der Waals surface area contributed by atoms with Gasteiger partial charge in [0.15, 0.2) is 0 Å². The number of aryl methyl sites for hydroxylation is 1. The van der Waals surface area contributed by atoms with Crippen molar-refractivity contribution in [1.82, 2.24) is 0 Å². The van der Waals surface area contributed by atoms with Crippen molar-refractivity contribution in [3.8, 4) is 0 Å². The van der Waals surface area contributed by atoms with Crippen LogP contribution < -0.4 is 4.90 Å². The van der Waals surface area contributed by atoms with Crippen molar-refractivity contribution in [3.05, 3.63) is 63.5 Å². The molecule has 25 heavy (non-hydrogen) atoms. The Morgan fingerprint density at radius 1 is 1.28 bits per heavy atom. The minimum atomic E-state index is 0.0156. The van der Waals surface area contributed by atoms with Gasteiger partial charge in [-0.05, 0) is 37.3 Å². The lowest BCUT2D eigenvalue weighted by Crippen LogP contribution is -2.31. The van der Waals surface area contributed by atoms with Crippen molar-refractivity contribution in [3.63, 3.8) is 0 Å². The van der Waals surface area contributed by atoms with Gasteiger partial charge in [0.2, 0.25) is 5.91 Å². The van der Waals surface area contributed by atoms with Crippen LogP contribution >= 0.6 is 22.9 Å². The van der Waals surface area contributed by atoms with Gasteiger partial charge in [0.05, 0.1) is 5.71 Å². The van der Waals surface area contributed by atoms with E-state index >= 15 is 0 Å². The molecule has 128 valence electrons. The highest BCUT2D eigenvalue weighted by molar-refractivity contribution is 7.17. The van der Waals surface area contributed by atoms with Gasteiger partial charge in [-0.15, -0.1) is 17.9 Å². The van der Waals surface area contributed by atoms with Crippen LogP contribution in [0, 0.1) is 0 Å². The average Bonchev–Trinajstić information content (AvgIpc) is 2.94. The molecule has 0 saturated heterocycles. The Kier molecular flexibility index (Phi) is 4.48. The molecule has 2 heterocycles. The quantitative estimate of drug-likeness (QED) is 0.724. The van der Waals surface area contributed by atoms with Gasteiger partial charge >= 0.3 is 0 Å². The molecule has 0 radical (unpaired) electrons. The largest absolute Gasteiger partial charge is 0.298 e. The molecule has 2 aromatic rings. The summed E-state index contributed by atoms with van der Waals surface area (Å²) in [5.74, 6) is 0.0156. The highest BCUT2D eigenvalue weighted by Crippen LogP contribution is 2.43. The summed E-state index contributed by atoms with van der Waals surface area (Å²) in [7, 11) is 0. The molecule has 1 aliphatic carbocycles. The van der Waals surface area contributed by atoms with Gasteiger partial charge in [0.1, 0.15) is 11.5 Å². The minimum Gasteiger partial charge on any atom is -0.298 e. The number of nitrogens with zero attached hydrogens (tertiary/aromatic N) is 2. The molecule has 0 fully saturated rings. The summed E-state index contributed by atoms with van der Waals surface area (Å²) in [6.45, 7) is 4.47. The normalized spacial score (nSPS) is 16.8. The van der Waals surface area contributed by atoms with E-state index in [1.54, 1.807) is 17.4 Å². The van der Waals surface area contributed by atoms with Crippen LogP contribution in [0.2, 0.25) is 5.02 Å². The molecule has 0 spiro atoms. The van der Waals surface area contributed by atoms with Crippen molar-refractivity contribution in [2.24, 2.45) is 4.99 Å². The molecule has 1 aliphatic heterocycles. The molecule has 0 bridgehead atoms. The lowest BCUT2D eigenvalue weighted by Gasteiger charge is -2.19. The highest BCUT2D eigenvalue weighted by Gasteiger charge is 2.32. The average molecular weight is 371 g/mol. The Morgan fingerprint density at radius 3 is 2.88 bits per heavy atom. The van der Waals surface area contributed by atoms with Gasteiger partial charge in [0.25, 0.3) is 0 Å². The fourth-order valence-corrected chi connectivity index (χ4v) is 5.24. The van der Waals surface area contributed by atoms with Crippen LogP contribution in [-0.4, -0.2) is 24.7 Å². The maximum absolute atomic E-state index is 12.7. The monoisotopic (exact) mass is 370 g/mol. The van der Waals surface area contributed by atoms with E-state index in [1.165, 1.54) is 23.3 Å². The van der Waals surface area contributed by atoms with Crippen LogP contribution in [-0.2, 0) is 17.6 Å². The number of hydrogen-bond acceptors (Lipinski definition) is 3. The van der Waals surface area contributed by atoms with E-state index in [1.807, 2.05) is 29.2 Å². The van der Waals surface area contributed by atoms with Gasteiger partial charge in [0, 0.05) is 27.6 Å². The van der Waals surface area contributed by atoms with Crippen molar-refractivity contribution >= 4 is 39.6 Å². The number of halogens is 1. The third-order valence-electron chi connectivity index (χ3n) is 4.75. The summed E-state index contributed by atoms with van der Waals surface area (Å²) in [4.78, 5) is 20.6. The van der Waals surface area contributed by atoms with E-state index in [9.17, 15) is 4.79 Å². The lowest BCUT2D eigenvalue weighted by molar-refractivity contribution is -0.117. The maximum Gasteiger partial charge on any atom is 0.249 e. The minimum absolute atomic E-state index is 0.0156. The molecular weight excluding hydrogens is 352 g/mol. The fraction of sp³-hybridized carbons (Fsp3) is 0.300. The molecule has 0 N–H and O–H groups in total. The molecule has 4 rings (SSSR count). The molecule has 1 aromatic heterocycles.